The summed E-state index contributed by atoms with van der Waals surface area (Å²) in [7, 11) is 0. The highest BCUT2D eigenvalue weighted by Gasteiger charge is 2.16. The fraction of sp³-hybridized carbons (Fsp3) is 0.308. The zero-order valence-electron chi connectivity index (χ0n) is 20.3. The highest BCUT2D eigenvalue weighted by atomic mass is 32.2. The monoisotopic (exact) mass is 507 g/mol. The van der Waals surface area contributed by atoms with E-state index in [-0.39, 0.29) is 17.1 Å². The lowest BCUT2D eigenvalue weighted by molar-refractivity contribution is -0.113. The third-order valence-electron chi connectivity index (χ3n) is 5.35. The number of hydrogen-bond donors (Lipinski definition) is 1. The number of thiazole rings is 1. The van der Waals surface area contributed by atoms with Crippen LogP contribution in [0.25, 0.3) is 11.3 Å². The molecule has 7 nitrogen and oxygen atoms in total. The Hall–Kier alpha value is -3.17. The van der Waals surface area contributed by atoms with Crippen LogP contribution in [0.4, 0.5) is 5.13 Å². The van der Waals surface area contributed by atoms with E-state index in [9.17, 15) is 4.79 Å². The molecule has 0 bridgehead atoms. The normalized spacial score (nSPS) is 11.4. The second-order valence-electron chi connectivity index (χ2n) is 8.95. The van der Waals surface area contributed by atoms with Crippen LogP contribution in [0.2, 0.25) is 0 Å². The van der Waals surface area contributed by atoms with Gasteiger partial charge in [-0.15, -0.1) is 21.5 Å². The van der Waals surface area contributed by atoms with Gasteiger partial charge in [0, 0.05) is 17.5 Å². The van der Waals surface area contributed by atoms with Crippen LogP contribution in [-0.2, 0) is 23.4 Å². The zero-order valence-corrected chi connectivity index (χ0v) is 21.9. The number of nitrogens with one attached hydrogen (secondary N) is 1. The third-order valence-corrected chi connectivity index (χ3v) is 7.07. The van der Waals surface area contributed by atoms with E-state index >= 15 is 0 Å². The predicted molar refractivity (Wildman–Crippen MR) is 142 cm³/mol. The van der Waals surface area contributed by atoms with Gasteiger partial charge in [-0.25, -0.2) is 4.98 Å². The maximum absolute atomic E-state index is 12.5. The number of carbonyl (C=O) groups is 1. The fourth-order valence-corrected chi connectivity index (χ4v) is 4.96. The van der Waals surface area contributed by atoms with Crippen LogP contribution < -0.4 is 10.1 Å². The van der Waals surface area contributed by atoms with Crippen LogP contribution in [0.5, 0.6) is 5.75 Å². The molecule has 0 aliphatic rings. The van der Waals surface area contributed by atoms with E-state index in [2.05, 4.69) is 53.4 Å². The van der Waals surface area contributed by atoms with Crippen molar-refractivity contribution in [2.45, 2.75) is 51.4 Å². The molecule has 4 aromatic rings. The van der Waals surface area contributed by atoms with E-state index in [1.807, 2.05) is 59.3 Å². The topological polar surface area (TPSA) is 81.9 Å². The number of ether oxygens (including phenoxy) is 1. The third kappa shape index (κ3) is 6.49. The predicted octanol–water partition coefficient (Wildman–Crippen LogP) is 6.03. The molecule has 2 aromatic heterocycles. The summed E-state index contributed by atoms with van der Waals surface area (Å²) in [6.07, 6.45) is 0. The molecule has 0 fully saturated rings. The SMILES string of the molecule is CCn1c(COc2ccc(C(C)(C)C)cc2)nnc1SCC(=O)Nc1nc(-c2ccccc2)cs1. The van der Waals surface area contributed by atoms with Gasteiger partial charge < -0.3 is 14.6 Å². The minimum atomic E-state index is -0.133. The summed E-state index contributed by atoms with van der Waals surface area (Å²) < 4.78 is 7.91. The summed E-state index contributed by atoms with van der Waals surface area (Å²) in [5.74, 6) is 1.60. The molecule has 0 aliphatic carbocycles. The van der Waals surface area contributed by atoms with E-state index in [0.717, 1.165) is 22.8 Å². The number of anilines is 1. The summed E-state index contributed by atoms with van der Waals surface area (Å²) in [5, 5.41) is 14.6. The molecule has 1 N–H and O–H groups in total. The molecule has 0 aliphatic heterocycles. The highest BCUT2D eigenvalue weighted by molar-refractivity contribution is 7.99. The first kappa shape index (κ1) is 24.9. The Labute approximate surface area is 214 Å². The highest BCUT2D eigenvalue weighted by Crippen LogP contribution is 2.26. The Morgan fingerprint density at radius 1 is 1.09 bits per heavy atom. The van der Waals surface area contributed by atoms with Crippen molar-refractivity contribution in [3.63, 3.8) is 0 Å². The lowest BCUT2D eigenvalue weighted by Crippen LogP contribution is -2.14. The van der Waals surface area contributed by atoms with Crippen molar-refractivity contribution < 1.29 is 9.53 Å². The van der Waals surface area contributed by atoms with Crippen LogP contribution in [0, 0.1) is 0 Å². The van der Waals surface area contributed by atoms with Crippen LogP contribution >= 0.6 is 23.1 Å². The Balaban J connectivity index is 1.31. The molecule has 1 amide bonds. The van der Waals surface area contributed by atoms with Gasteiger partial charge >= 0.3 is 0 Å². The van der Waals surface area contributed by atoms with Crippen molar-refractivity contribution in [3.05, 3.63) is 71.4 Å². The van der Waals surface area contributed by atoms with E-state index < -0.39 is 0 Å². The van der Waals surface area contributed by atoms with Gasteiger partial charge in [-0.3, -0.25) is 4.79 Å². The molecule has 0 atom stereocenters. The maximum Gasteiger partial charge on any atom is 0.236 e. The van der Waals surface area contributed by atoms with E-state index in [1.165, 1.54) is 28.7 Å². The van der Waals surface area contributed by atoms with E-state index in [1.54, 1.807) is 0 Å². The Kier molecular flexibility index (Phi) is 7.87. The zero-order chi connectivity index (χ0) is 24.8. The van der Waals surface area contributed by atoms with Crippen molar-refractivity contribution in [2.75, 3.05) is 11.1 Å². The number of nitrogens with zero attached hydrogens (tertiary/aromatic N) is 4. The molecule has 0 radical (unpaired) electrons. The minimum Gasteiger partial charge on any atom is -0.486 e. The summed E-state index contributed by atoms with van der Waals surface area (Å²) in [4.78, 5) is 17.0. The molecule has 0 saturated carbocycles. The van der Waals surface area contributed by atoms with Gasteiger partial charge in [-0.05, 0) is 30.0 Å². The van der Waals surface area contributed by atoms with Crippen molar-refractivity contribution in [1.82, 2.24) is 19.7 Å². The largest absolute Gasteiger partial charge is 0.486 e. The van der Waals surface area contributed by atoms with Gasteiger partial charge in [0.1, 0.15) is 12.4 Å². The van der Waals surface area contributed by atoms with Gasteiger partial charge in [-0.2, -0.15) is 0 Å². The molecule has 2 aromatic carbocycles. The van der Waals surface area contributed by atoms with Crippen molar-refractivity contribution in [3.8, 4) is 17.0 Å². The van der Waals surface area contributed by atoms with Gasteiger partial charge in [0.05, 0.1) is 11.4 Å². The van der Waals surface area contributed by atoms with Gasteiger partial charge in [0.25, 0.3) is 0 Å². The average molecular weight is 508 g/mol. The van der Waals surface area contributed by atoms with Crippen molar-refractivity contribution in [1.29, 1.82) is 0 Å². The molecule has 0 saturated heterocycles. The lowest BCUT2D eigenvalue weighted by atomic mass is 9.87. The van der Waals surface area contributed by atoms with Crippen molar-refractivity contribution in [2.24, 2.45) is 0 Å². The quantitative estimate of drug-likeness (QED) is 0.279. The average Bonchev–Trinajstić information content (AvgIpc) is 3.48. The summed E-state index contributed by atoms with van der Waals surface area (Å²) in [5.41, 5.74) is 3.23. The molecule has 35 heavy (non-hydrogen) atoms. The fourth-order valence-electron chi connectivity index (χ4n) is 3.41. The lowest BCUT2D eigenvalue weighted by Gasteiger charge is -2.19. The molecule has 9 heteroatoms. The molecular formula is C26H29N5O2S2. The number of hydrogen-bond acceptors (Lipinski definition) is 7. The van der Waals surface area contributed by atoms with Gasteiger partial charge in [-0.1, -0.05) is 75.0 Å². The van der Waals surface area contributed by atoms with Gasteiger partial charge in [0.2, 0.25) is 5.91 Å². The number of carbonyl (C=O) groups excluding carboxylic acids is 1. The van der Waals surface area contributed by atoms with Crippen LogP contribution in [-0.4, -0.2) is 31.4 Å². The van der Waals surface area contributed by atoms with E-state index in [0.29, 0.717) is 23.4 Å². The van der Waals surface area contributed by atoms with Crippen molar-refractivity contribution >= 4 is 34.1 Å². The first-order valence-electron chi connectivity index (χ1n) is 11.4. The maximum atomic E-state index is 12.5. The number of amides is 1. The van der Waals surface area contributed by atoms with E-state index in [4.69, 9.17) is 4.74 Å². The summed E-state index contributed by atoms with van der Waals surface area (Å²) in [6, 6.07) is 18.0. The molecule has 4 rings (SSSR count). The summed E-state index contributed by atoms with van der Waals surface area (Å²) >= 11 is 2.76. The number of rotatable bonds is 9. The molecule has 2 heterocycles. The standard InChI is InChI=1S/C26H29N5O2S2/c1-5-31-22(15-33-20-13-11-19(12-14-20)26(2,3)4)29-30-25(31)35-17-23(32)28-24-27-21(16-34-24)18-9-7-6-8-10-18/h6-14,16H,5,15,17H2,1-4H3,(H,27,28,32). The Morgan fingerprint density at radius 3 is 2.51 bits per heavy atom. The Bertz CT molecular complexity index is 1260. The first-order valence-corrected chi connectivity index (χ1v) is 13.3. The van der Waals surface area contributed by atoms with Crippen LogP contribution in [0.15, 0.2) is 65.1 Å². The molecule has 0 spiro atoms. The van der Waals surface area contributed by atoms with Gasteiger partial charge in [0.15, 0.2) is 16.1 Å². The summed E-state index contributed by atoms with van der Waals surface area (Å²) in [6.45, 7) is 9.58. The smallest absolute Gasteiger partial charge is 0.236 e. The molecule has 182 valence electrons. The van der Waals surface area contributed by atoms with Crippen LogP contribution in [0.1, 0.15) is 39.1 Å². The first-order chi connectivity index (χ1) is 16.8. The molecule has 0 unspecified atom stereocenters. The Morgan fingerprint density at radius 2 is 1.83 bits per heavy atom. The number of aromatic nitrogens is 4. The minimum absolute atomic E-state index is 0.100. The number of benzene rings is 2. The second-order valence-corrected chi connectivity index (χ2v) is 10.7. The molecular weight excluding hydrogens is 478 g/mol. The van der Waals surface area contributed by atoms with Crippen LogP contribution in [0.3, 0.4) is 0 Å². The second kappa shape index (κ2) is 11.0. The number of thioether (sulfide) groups is 1.